The van der Waals surface area contributed by atoms with E-state index in [0.29, 0.717) is 19.1 Å². The van der Waals surface area contributed by atoms with Crippen molar-refractivity contribution in [1.82, 2.24) is 0 Å². The SMILES string of the molecule is CCOCC(C)OCCCl. The molecule has 0 amide bonds. The van der Waals surface area contributed by atoms with E-state index in [9.17, 15) is 0 Å². The van der Waals surface area contributed by atoms with E-state index < -0.39 is 0 Å². The lowest BCUT2D eigenvalue weighted by molar-refractivity contribution is 0.00294. The van der Waals surface area contributed by atoms with Crippen LogP contribution < -0.4 is 0 Å². The van der Waals surface area contributed by atoms with E-state index in [-0.39, 0.29) is 6.10 Å². The Morgan fingerprint density at radius 2 is 2.20 bits per heavy atom. The maximum atomic E-state index is 5.41. The monoisotopic (exact) mass is 166 g/mol. The first kappa shape index (κ1) is 10.2. The van der Waals surface area contributed by atoms with Gasteiger partial charge in [0.1, 0.15) is 0 Å². The minimum absolute atomic E-state index is 0.165. The van der Waals surface area contributed by atoms with Gasteiger partial charge in [0.05, 0.1) is 19.3 Å². The van der Waals surface area contributed by atoms with Gasteiger partial charge in [-0.25, -0.2) is 0 Å². The molecule has 10 heavy (non-hydrogen) atoms. The predicted molar refractivity (Wildman–Crippen MR) is 42.6 cm³/mol. The Balaban J connectivity index is 3.00. The summed E-state index contributed by atoms with van der Waals surface area (Å²) in [6.07, 6.45) is 0.165. The van der Waals surface area contributed by atoms with Crippen LogP contribution in [0.5, 0.6) is 0 Å². The average molecular weight is 167 g/mol. The van der Waals surface area contributed by atoms with Crippen LogP contribution in [0.15, 0.2) is 0 Å². The van der Waals surface area contributed by atoms with Crippen LogP contribution in [0.25, 0.3) is 0 Å². The van der Waals surface area contributed by atoms with Crippen LogP contribution in [0.2, 0.25) is 0 Å². The molecule has 2 nitrogen and oxygen atoms in total. The molecule has 0 bridgehead atoms. The first-order valence-electron chi connectivity index (χ1n) is 3.56. The van der Waals surface area contributed by atoms with Crippen molar-refractivity contribution in [2.75, 3.05) is 25.7 Å². The molecule has 0 saturated carbocycles. The summed E-state index contributed by atoms with van der Waals surface area (Å²) < 4.78 is 10.4. The van der Waals surface area contributed by atoms with Crippen LogP contribution in [0, 0.1) is 0 Å². The maximum absolute atomic E-state index is 5.41. The lowest BCUT2D eigenvalue weighted by Crippen LogP contribution is -2.16. The van der Waals surface area contributed by atoms with Crippen molar-refractivity contribution in [3.05, 3.63) is 0 Å². The van der Waals surface area contributed by atoms with Gasteiger partial charge < -0.3 is 9.47 Å². The summed E-state index contributed by atoms with van der Waals surface area (Å²) in [5.74, 6) is 0.552. The van der Waals surface area contributed by atoms with Gasteiger partial charge in [0.15, 0.2) is 0 Å². The molecule has 0 fully saturated rings. The molecule has 1 atom stereocenters. The molecule has 0 saturated heterocycles. The molecule has 0 heterocycles. The Morgan fingerprint density at radius 1 is 1.50 bits per heavy atom. The first-order valence-corrected chi connectivity index (χ1v) is 4.10. The highest BCUT2D eigenvalue weighted by molar-refractivity contribution is 6.17. The van der Waals surface area contributed by atoms with E-state index in [1.807, 2.05) is 13.8 Å². The fraction of sp³-hybridized carbons (Fsp3) is 1.00. The molecule has 0 aliphatic heterocycles. The van der Waals surface area contributed by atoms with Gasteiger partial charge in [0, 0.05) is 12.5 Å². The normalized spacial score (nSPS) is 13.5. The molecule has 62 valence electrons. The fourth-order valence-corrected chi connectivity index (χ4v) is 0.667. The van der Waals surface area contributed by atoms with Crippen LogP contribution >= 0.6 is 11.6 Å². The van der Waals surface area contributed by atoms with Crippen molar-refractivity contribution < 1.29 is 9.47 Å². The van der Waals surface area contributed by atoms with Crippen molar-refractivity contribution in [3.63, 3.8) is 0 Å². The molecule has 0 aliphatic rings. The van der Waals surface area contributed by atoms with Gasteiger partial charge in [-0.2, -0.15) is 0 Å². The van der Waals surface area contributed by atoms with E-state index in [2.05, 4.69) is 0 Å². The standard InChI is InChI=1S/C7H15ClO2/c1-3-9-6-7(2)10-5-4-8/h7H,3-6H2,1-2H3. The summed E-state index contributed by atoms with van der Waals surface area (Å²) in [6.45, 7) is 5.95. The second-order valence-electron chi connectivity index (χ2n) is 2.03. The molecular weight excluding hydrogens is 152 g/mol. The zero-order valence-corrected chi connectivity index (χ0v) is 7.36. The second-order valence-corrected chi connectivity index (χ2v) is 2.41. The van der Waals surface area contributed by atoms with Gasteiger partial charge in [0.25, 0.3) is 0 Å². The third-order valence-corrected chi connectivity index (χ3v) is 1.19. The van der Waals surface area contributed by atoms with Gasteiger partial charge in [-0.3, -0.25) is 0 Å². The average Bonchev–Trinajstić information content (AvgIpc) is 1.97. The van der Waals surface area contributed by atoms with Crippen LogP contribution in [-0.4, -0.2) is 31.8 Å². The third-order valence-electron chi connectivity index (χ3n) is 1.04. The Morgan fingerprint density at radius 3 is 2.70 bits per heavy atom. The summed E-state index contributed by atoms with van der Waals surface area (Å²) >= 11 is 5.41. The molecule has 0 N–H and O–H groups in total. The molecule has 0 aromatic heterocycles. The van der Waals surface area contributed by atoms with Gasteiger partial charge in [-0.05, 0) is 13.8 Å². The highest BCUT2D eigenvalue weighted by Gasteiger charge is 1.99. The zero-order valence-electron chi connectivity index (χ0n) is 6.60. The van der Waals surface area contributed by atoms with Crippen molar-refractivity contribution >= 4 is 11.6 Å². The summed E-state index contributed by atoms with van der Waals surface area (Å²) in [5, 5.41) is 0. The molecule has 0 rings (SSSR count). The van der Waals surface area contributed by atoms with Gasteiger partial charge >= 0.3 is 0 Å². The number of hydrogen-bond acceptors (Lipinski definition) is 2. The van der Waals surface area contributed by atoms with Crippen molar-refractivity contribution in [3.8, 4) is 0 Å². The molecule has 0 spiro atoms. The minimum Gasteiger partial charge on any atom is -0.379 e. The Hall–Kier alpha value is 0.210. The first-order chi connectivity index (χ1) is 4.81. The Bertz CT molecular complexity index is 60.6. The van der Waals surface area contributed by atoms with Crippen LogP contribution in [0.4, 0.5) is 0 Å². The molecule has 0 aromatic rings. The molecular formula is C7H15ClO2. The molecule has 1 unspecified atom stereocenters. The van der Waals surface area contributed by atoms with Crippen molar-refractivity contribution in [2.45, 2.75) is 20.0 Å². The van der Waals surface area contributed by atoms with Gasteiger partial charge in [-0.15, -0.1) is 11.6 Å². The number of ether oxygens (including phenoxy) is 2. The zero-order chi connectivity index (χ0) is 7.82. The summed E-state index contributed by atoms with van der Waals surface area (Å²) in [7, 11) is 0. The lowest BCUT2D eigenvalue weighted by Gasteiger charge is -2.10. The predicted octanol–water partition coefficient (Wildman–Crippen LogP) is 1.67. The van der Waals surface area contributed by atoms with Gasteiger partial charge in [0.2, 0.25) is 0 Å². The topological polar surface area (TPSA) is 18.5 Å². The summed E-state index contributed by atoms with van der Waals surface area (Å²) in [5.41, 5.74) is 0. The van der Waals surface area contributed by atoms with Crippen molar-refractivity contribution in [1.29, 1.82) is 0 Å². The van der Waals surface area contributed by atoms with Crippen molar-refractivity contribution in [2.24, 2.45) is 0 Å². The fourth-order valence-electron chi connectivity index (χ4n) is 0.578. The number of rotatable bonds is 6. The lowest BCUT2D eigenvalue weighted by atomic mass is 10.4. The van der Waals surface area contributed by atoms with Crippen LogP contribution in [0.3, 0.4) is 0 Å². The maximum Gasteiger partial charge on any atom is 0.0781 e. The number of hydrogen-bond donors (Lipinski definition) is 0. The quantitative estimate of drug-likeness (QED) is 0.559. The van der Waals surface area contributed by atoms with Crippen LogP contribution in [-0.2, 0) is 9.47 Å². The largest absolute Gasteiger partial charge is 0.379 e. The van der Waals surface area contributed by atoms with E-state index in [0.717, 1.165) is 6.61 Å². The summed E-state index contributed by atoms with van der Waals surface area (Å²) in [4.78, 5) is 0. The number of halogens is 1. The van der Waals surface area contributed by atoms with E-state index in [1.54, 1.807) is 0 Å². The van der Waals surface area contributed by atoms with Gasteiger partial charge in [-0.1, -0.05) is 0 Å². The van der Waals surface area contributed by atoms with Crippen LogP contribution in [0.1, 0.15) is 13.8 Å². The van der Waals surface area contributed by atoms with E-state index in [4.69, 9.17) is 21.1 Å². The highest BCUT2D eigenvalue weighted by Crippen LogP contribution is 1.91. The Kier molecular flexibility index (Phi) is 7.47. The van der Waals surface area contributed by atoms with E-state index in [1.165, 1.54) is 0 Å². The molecule has 0 radical (unpaired) electrons. The minimum atomic E-state index is 0.165. The smallest absolute Gasteiger partial charge is 0.0781 e. The summed E-state index contributed by atoms with van der Waals surface area (Å²) in [6, 6.07) is 0. The molecule has 0 aliphatic carbocycles. The molecule has 3 heteroatoms. The second kappa shape index (κ2) is 7.32. The Labute approximate surface area is 67.5 Å². The third kappa shape index (κ3) is 6.33. The molecule has 0 aromatic carbocycles. The highest BCUT2D eigenvalue weighted by atomic mass is 35.5. The number of alkyl halides is 1. The van der Waals surface area contributed by atoms with E-state index >= 15 is 0 Å².